The second-order valence-electron chi connectivity index (χ2n) is 7.26. The van der Waals surface area contributed by atoms with E-state index in [0.29, 0.717) is 12.8 Å². The van der Waals surface area contributed by atoms with Gasteiger partial charge >= 0.3 is 11.0 Å². The van der Waals surface area contributed by atoms with Gasteiger partial charge in [0.05, 0.1) is 0 Å². The van der Waals surface area contributed by atoms with Crippen molar-refractivity contribution in [1.29, 1.82) is 0 Å². The van der Waals surface area contributed by atoms with Crippen LogP contribution in [0.25, 0.3) is 0 Å². The van der Waals surface area contributed by atoms with E-state index in [2.05, 4.69) is 11.9 Å². The normalized spacial score (nSPS) is 28.0. The molecule has 6 nitrogen and oxygen atoms in total. The largest absolute Gasteiger partial charge is 0.498 e. The third kappa shape index (κ3) is 4.42. The lowest BCUT2D eigenvalue weighted by molar-refractivity contribution is -0.116. The van der Waals surface area contributed by atoms with E-state index in [4.69, 9.17) is 0 Å². The van der Waals surface area contributed by atoms with Crippen molar-refractivity contribution in [2.45, 2.75) is 41.3 Å². The highest BCUT2D eigenvalue weighted by Gasteiger charge is 2.64. The number of carbonyl (C=O) groups is 1. The van der Waals surface area contributed by atoms with Gasteiger partial charge in [-0.3, -0.25) is 4.79 Å². The summed E-state index contributed by atoms with van der Waals surface area (Å²) in [6.45, 7) is 3.35. The van der Waals surface area contributed by atoms with Gasteiger partial charge < -0.3 is 5.32 Å². The highest BCUT2D eigenvalue weighted by atomic mass is 32.3. The predicted molar refractivity (Wildman–Crippen MR) is 89.4 cm³/mol. The molecule has 2 aliphatic carbocycles. The first-order valence-corrected chi connectivity index (χ1v) is 11.6. The van der Waals surface area contributed by atoms with Crippen molar-refractivity contribution in [2.24, 2.45) is 23.7 Å². The van der Waals surface area contributed by atoms with Crippen LogP contribution in [0.1, 0.15) is 25.7 Å². The van der Waals surface area contributed by atoms with Crippen LogP contribution in [0, 0.1) is 23.7 Å². The number of sulfone groups is 2. The molecule has 1 N–H and O–H groups in total. The molecule has 2 fully saturated rings. The molecule has 1 amide bonds. The lowest BCUT2D eigenvalue weighted by Crippen LogP contribution is -2.46. The molecule has 0 spiro atoms. The molecule has 14 heteroatoms. The summed E-state index contributed by atoms with van der Waals surface area (Å²) < 4.78 is 121. The van der Waals surface area contributed by atoms with E-state index in [1.54, 1.807) is 0 Å². The maximum Gasteiger partial charge on any atom is 0.498 e. The van der Waals surface area contributed by atoms with Gasteiger partial charge in [-0.05, 0) is 55.4 Å². The Morgan fingerprint density at radius 2 is 1.55 bits per heavy atom. The minimum atomic E-state index is -6.62. The molecule has 4 atom stereocenters. The molecule has 0 heterocycles. The Bertz CT molecular complexity index is 821. The highest BCUT2D eigenvalue weighted by Crippen LogP contribution is 2.55. The van der Waals surface area contributed by atoms with Crippen LogP contribution in [0.2, 0.25) is 0 Å². The van der Waals surface area contributed by atoms with Crippen molar-refractivity contribution in [3.05, 3.63) is 12.7 Å². The molecule has 0 aliphatic heterocycles. The maximum absolute atomic E-state index is 12.9. The Balaban J connectivity index is 2.32. The van der Waals surface area contributed by atoms with E-state index in [1.807, 2.05) is 0 Å². The molecule has 168 valence electrons. The van der Waals surface area contributed by atoms with E-state index in [1.165, 1.54) is 0 Å². The molecule has 0 saturated heterocycles. The van der Waals surface area contributed by atoms with Gasteiger partial charge in [-0.25, -0.2) is 16.8 Å². The zero-order valence-electron chi connectivity index (χ0n) is 14.8. The van der Waals surface area contributed by atoms with Crippen LogP contribution >= 0.6 is 0 Å². The standard InChI is InChI=1S/C15H19F6NO5S2/c1-2-12(23)22-7-11-8-3-4-10(11)9(5-8)6-13(28(24,25)14(16,17)18)29(26,27)15(19,20)21/h2,8-11,13H,1,3-7H2,(H,22,23). The van der Waals surface area contributed by atoms with Gasteiger partial charge in [0.2, 0.25) is 5.91 Å². The Hall–Kier alpha value is -1.31. The fourth-order valence-corrected chi connectivity index (χ4v) is 8.06. The minimum absolute atomic E-state index is 0.0938. The Labute approximate surface area is 163 Å². The summed E-state index contributed by atoms with van der Waals surface area (Å²) >= 11 is 0. The number of amides is 1. The van der Waals surface area contributed by atoms with Gasteiger partial charge in [-0.15, -0.1) is 0 Å². The molecule has 2 bridgehead atoms. The SMILES string of the molecule is C=CC(=O)NCC1C2CCC1C(CC(S(=O)(=O)C(F)(F)F)S(=O)(=O)C(F)(F)F)C2. The van der Waals surface area contributed by atoms with Gasteiger partial charge in [0, 0.05) is 6.54 Å². The van der Waals surface area contributed by atoms with Crippen molar-refractivity contribution < 1.29 is 48.0 Å². The van der Waals surface area contributed by atoms with Crippen LogP contribution in [0.15, 0.2) is 12.7 Å². The summed E-state index contributed by atoms with van der Waals surface area (Å²) in [5.41, 5.74) is -12.3. The fraction of sp³-hybridized carbons (Fsp3) is 0.800. The number of rotatable bonds is 7. The van der Waals surface area contributed by atoms with Gasteiger partial charge in [-0.1, -0.05) is 6.58 Å². The molecular weight excluding hydrogens is 452 g/mol. The summed E-state index contributed by atoms with van der Waals surface area (Å²) in [5.74, 6) is -2.40. The molecule has 2 rings (SSSR count). The number of hydrogen-bond donors (Lipinski definition) is 1. The number of alkyl halides is 6. The molecule has 0 aromatic rings. The maximum atomic E-state index is 12.9. The van der Waals surface area contributed by atoms with Gasteiger partial charge in [-0.2, -0.15) is 26.3 Å². The van der Waals surface area contributed by atoms with E-state index < -0.39 is 59.4 Å². The number of carbonyl (C=O) groups excluding carboxylic acids is 1. The molecule has 0 radical (unpaired) electrons. The first-order valence-electron chi connectivity index (χ1n) is 8.54. The lowest BCUT2D eigenvalue weighted by Gasteiger charge is -2.28. The quantitative estimate of drug-likeness (QED) is 0.455. The zero-order valence-corrected chi connectivity index (χ0v) is 16.5. The monoisotopic (exact) mass is 471 g/mol. The van der Waals surface area contributed by atoms with Crippen LogP contribution in [0.3, 0.4) is 0 Å². The number of nitrogens with one attached hydrogen (secondary N) is 1. The van der Waals surface area contributed by atoms with Crippen LogP contribution in [-0.2, 0) is 24.5 Å². The third-order valence-electron chi connectivity index (χ3n) is 5.77. The van der Waals surface area contributed by atoms with Gasteiger partial charge in [0.25, 0.3) is 19.7 Å². The van der Waals surface area contributed by atoms with Crippen molar-refractivity contribution in [3.8, 4) is 0 Å². The molecule has 0 aromatic heterocycles. The molecule has 29 heavy (non-hydrogen) atoms. The second kappa shape index (κ2) is 7.75. The Morgan fingerprint density at radius 1 is 1.03 bits per heavy atom. The number of halogens is 6. The fourth-order valence-electron chi connectivity index (χ4n) is 4.47. The summed E-state index contributed by atoms with van der Waals surface area (Å²) in [4.78, 5) is 11.3. The average Bonchev–Trinajstić information content (AvgIpc) is 3.11. The molecule has 0 aromatic carbocycles. The van der Waals surface area contributed by atoms with E-state index in [9.17, 15) is 48.0 Å². The summed E-state index contributed by atoms with van der Waals surface area (Å²) in [6, 6.07) is 0. The Morgan fingerprint density at radius 3 is 2.00 bits per heavy atom. The van der Waals surface area contributed by atoms with Crippen LogP contribution in [-0.4, -0.2) is 44.9 Å². The summed E-state index contributed by atoms with van der Waals surface area (Å²) in [6.07, 6.45) is 0.802. The summed E-state index contributed by atoms with van der Waals surface area (Å²) in [5, 5.41) is 2.50. The zero-order chi connectivity index (χ0) is 22.4. The van der Waals surface area contributed by atoms with Crippen LogP contribution in [0.4, 0.5) is 26.3 Å². The second-order valence-corrected chi connectivity index (χ2v) is 11.8. The third-order valence-corrected chi connectivity index (χ3v) is 10.3. The first-order chi connectivity index (χ1) is 13.0. The molecule has 2 saturated carbocycles. The highest BCUT2D eigenvalue weighted by molar-refractivity contribution is 8.09. The van der Waals surface area contributed by atoms with Crippen molar-refractivity contribution in [1.82, 2.24) is 5.32 Å². The van der Waals surface area contributed by atoms with E-state index >= 15 is 0 Å². The van der Waals surface area contributed by atoms with E-state index in [0.717, 1.165) is 6.08 Å². The number of fused-ring (bicyclic) bond motifs is 2. The van der Waals surface area contributed by atoms with Crippen LogP contribution < -0.4 is 5.32 Å². The van der Waals surface area contributed by atoms with Gasteiger partial charge in [0.1, 0.15) is 0 Å². The van der Waals surface area contributed by atoms with E-state index in [-0.39, 0.29) is 24.8 Å². The lowest BCUT2D eigenvalue weighted by atomic mass is 9.86. The van der Waals surface area contributed by atoms with Crippen molar-refractivity contribution in [3.63, 3.8) is 0 Å². The summed E-state index contributed by atoms with van der Waals surface area (Å²) in [7, 11) is -13.2. The van der Waals surface area contributed by atoms with Crippen molar-refractivity contribution in [2.75, 3.05) is 6.54 Å². The molecule has 2 aliphatic rings. The number of hydrogen-bond acceptors (Lipinski definition) is 5. The van der Waals surface area contributed by atoms with Crippen molar-refractivity contribution >= 4 is 25.6 Å². The van der Waals surface area contributed by atoms with Gasteiger partial charge in [0.15, 0.2) is 4.58 Å². The molecular formula is C15H19F6NO5S2. The first kappa shape index (κ1) is 24.0. The molecule has 4 unspecified atom stereocenters. The topological polar surface area (TPSA) is 97.4 Å². The van der Waals surface area contributed by atoms with Crippen LogP contribution in [0.5, 0.6) is 0 Å². The average molecular weight is 471 g/mol. The predicted octanol–water partition coefficient (Wildman–Crippen LogP) is 2.54. The Kier molecular flexibility index (Phi) is 6.40. The minimum Gasteiger partial charge on any atom is -0.352 e. The smallest absolute Gasteiger partial charge is 0.352 e.